The Morgan fingerprint density at radius 2 is 1.73 bits per heavy atom. The highest BCUT2D eigenvalue weighted by Crippen LogP contribution is 2.30. The van der Waals surface area contributed by atoms with Crippen LogP contribution in [-0.2, 0) is 4.74 Å². The highest BCUT2D eigenvalue weighted by Gasteiger charge is 2.38. The van der Waals surface area contributed by atoms with Crippen LogP contribution in [-0.4, -0.2) is 50.9 Å². The summed E-state index contributed by atoms with van der Waals surface area (Å²) in [6.45, 7) is 6.33. The largest absolute Gasteiger partial charge is 0.388 e. The van der Waals surface area contributed by atoms with Gasteiger partial charge in [0.2, 0.25) is 0 Å². The first-order chi connectivity index (χ1) is 6.93. The molecule has 0 spiro atoms. The first-order valence-electron chi connectivity index (χ1n) is 5.24. The lowest BCUT2D eigenvalue weighted by Crippen LogP contribution is -2.52. The standard InChI is InChI=1S/C10H20O4S/c1-5(2)6(3)15-10-9(13)8(12)7(11)4-14-10/h5-13H,4H2,1-3H3/t6?,7-,8+,9-,10+/m1/s1. The molecule has 90 valence electrons. The van der Waals surface area contributed by atoms with Gasteiger partial charge in [0.1, 0.15) is 23.7 Å². The van der Waals surface area contributed by atoms with Gasteiger partial charge in [-0.1, -0.05) is 20.8 Å². The monoisotopic (exact) mass is 236 g/mol. The fourth-order valence-corrected chi connectivity index (χ4v) is 2.48. The van der Waals surface area contributed by atoms with Crippen LogP contribution in [0.5, 0.6) is 0 Å². The molecule has 5 heteroatoms. The Morgan fingerprint density at radius 3 is 2.27 bits per heavy atom. The summed E-state index contributed by atoms with van der Waals surface area (Å²) in [5, 5.41) is 28.8. The number of aliphatic hydroxyl groups excluding tert-OH is 3. The maximum absolute atomic E-state index is 9.68. The summed E-state index contributed by atoms with van der Waals surface area (Å²) in [5.41, 5.74) is -0.444. The van der Waals surface area contributed by atoms with Gasteiger partial charge in [-0.05, 0) is 5.92 Å². The molecule has 5 atom stereocenters. The van der Waals surface area contributed by atoms with Crippen molar-refractivity contribution in [1.82, 2.24) is 0 Å². The minimum atomic E-state index is -1.10. The van der Waals surface area contributed by atoms with Crippen molar-refractivity contribution < 1.29 is 20.1 Å². The van der Waals surface area contributed by atoms with Crippen LogP contribution in [0.4, 0.5) is 0 Å². The quantitative estimate of drug-likeness (QED) is 0.653. The second kappa shape index (κ2) is 5.50. The summed E-state index contributed by atoms with van der Waals surface area (Å²) < 4.78 is 5.30. The van der Waals surface area contributed by atoms with Crippen molar-refractivity contribution in [2.75, 3.05) is 6.61 Å². The molecule has 15 heavy (non-hydrogen) atoms. The molecule has 0 aliphatic carbocycles. The van der Waals surface area contributed by atoms with Gasteiger partial charge >= 0.3 is 0 Å². The van der Waals surface area contributed by atoms with Gasteiger partial charge < -0.3 is 20.1 Å². The topological polar surface area (TPSA) is 69.9 Å². The van der Waals surface area contributed by atoms with E-state index in [9.17, 15) is 15.3 Å². The molecule has 0 radical (unpaired) electrons. The van der Waals surface area contributed by atoms with E-state index in [1.807, 2.05) is 0 Å². The van der Waals surface area contributed by atoms with Crippen molar-refractivity contribution in [3.63, 3.8) is 0 Å². The van der Waals surface area contributed by atoms with Gasteiger partial charge in [0, 0.05) is 5.25 Å². The Bertz CT molecular complexity index is 200. The van der Waals surface area contributed by atoms with Crippen LogP contribution in [0.2, 0.25) is 0 Å². The Morgan fingerprint density at radius 1 is 1.13 bits per heavy atom. The van der Waals surface area contributed by atoms with Crippen LogP contribution in [0.25, 0.3) is 0 Å². The van der Waals surface area contributed by atoms with Crippen molar-refractivity contribution in [2.45, 2.75) is 49.8 Å². The van der Waals surface area contributed by atoms with Gasteiger partial charge in [-0.3, -0.25) is 0 Å². The summed E-state index contributed by atoms with van der Waals surface area (Å²) >= 11 is 1.50. The molecule has 1 saturated heterocycles. The molecule has 1 heterocycles. The molecule has 1 unspecified atom stereocenters. The van der Waals surface area contributed by atoms with Crippen LogP contribution in [0.1, 0.15) is 20.8 Å². The van der Waals surface area contributed by atoms with E-state index in [0.717, 1.165) is 0 Å². The second-order valence-corrected chi connectivity index (χ2v) is 5.82. The van der Waals surface area contributed by atoms with E-state index in [-0.39, 0.29) is 6.61 Å². The molecule has 1 aliphatic rings. The molecule has 1 fully saturated rings. The zero-order valence-electron chi connectivity index (χ0n) is 9.33. The average molecular weight is 236 g/mol. The maximum atomic E-state index is 9.68. The summed E-state index contributed by atoms with van der Waals surface area (Å²) in [7, 11) is 0. The lowest BCUT2D eigenvalue weighted by Gasteiger charge is -2.36. The summed E-state index contributed by atoms with van der Waals surface area (Å²) in [4.78, 5) is 0. The molecule has 0 aromatic heterocycles. The van der Waals surface area contributed by atoms with E-state index < -0.39 is 23.7 Å². The van der Waals surface area contributed by atoms with E-state index in [1.165, 1.54) is 11.8 Å². The second-order valence-electron chi connectivity index (χ2n) is 4.34. The van der Waals surface area contributed by atoms with Crippen LogP contribution in [0.15, 0.2) is 0 Å². The highest BCUT2D eigenvalue weighted by atomic mass is 32.2. The predicted octanol–water partition coefficient (Wildman–Crippen LogP) is 0.203. The summed E-state index contributed by atoms with van der Waals surface area (Å²) in [6, 6.07) is 0. The van der Waals surface area contributed by atoms with Gasteiger partial charge in [-0.2, -0.15) is 0 Å². The van der Waals surface area contributed by atoms with Gasteiger partial charge in [0.05, 0.1) is 6.61 Å². The molecule has 3 N–H and O–H groups in total. The third-order valence-electron chi connectivity index (χ3n) is 2.74. The van der Waals surface area contributed by atoms with Gasteiger partial charge in [0.25, 0.3) is 0 Å². The minimum absolute atomic E-state index is 0.0840. The predicted molar refractivity (Wildman–Crippen MR) is 59.7 cm³/mol. The number of hydrogen-bond acceptors (Lipinski definition) is 5. The molecular formula is C10H20O4S. The lowest BCUT2D eigenvalue weighted by molar-refractivity contribution is -0.161. The SMILES string of the molecule is CC(C)C(C)S[C@@H]1OC[C@@H](O)[C@H](O)[C@H]1O. The summed E-state index contributed by atoms with van der Waals surface area (Å²) in [6.07, 6.45) is -3.10. The first-order valence-corrected chi connectivity index (χ1v) is 6.19. The number of aliphatic hydroxyl groups is 3. The Kier molecular flexibility index (Phi) is 4.86. The van der Waals surface area contributed by atoms with Crippen molar-refractivity contribution in [2.24, 2.45) is 5.92 Å². The number of rotatable bonds is 3. The maximum Gasteiger partial charge on any atom is 0.132 e. The zero-order valence-corrected chi connectivity index (χ0v) is 10.1. The minimum Gasteiger partial charge on any atom is -0.388 e. The fraction of sp³-hybridized carbons (Fsp3) is 1.00. The normalized spacial score (nSPS) is 39.4. The number of ether oxygens (including phenoxy) is 1. The molecular weight excluding hydrogens is 216 g/mol. The third-order valence-corrected chi connectivity index (χ3v) is 4.40. The smallest absolute Gasteiger partial charge is 0.132 e. The Hall–Kier alpha value is 0.190. The van der Waals surface area contributed by atoms with Gasteiger partial charge in [0.15, 0.2) is 0 Å². The molecule has 0 saturated carbocycles. The van der Waals surface area contributed by atoms with Crippen molar-refractivity contribution in [3.8, 4) is 0 Å². The molecule has 0 aromatic rings. The van der Waals surface area contributed by atoms with Crippen LogP contribution in [0, 0.1) is 5.92 Å². The molecule has 0 amide bonds. The van der Waals surface area contributed by atoms with Crippen molar-refractivity contribution >= 4 is 11.8 Å². The van der Waals surface area contributed by atoms with Crippen LogP contribution < -0.4 is 0 Å². The molecule has 1 rings (SSSR count). The first kappa shape index (κ1) is 13.3. The lowest BCUT2D eigenvalue weighted by atomic mass is 10.1. The molecule has 1 aliphatic heterocycles. The van der Waals surface area contributed by atoms with Gasteiger partial charge in [-0.15, -0.1) is 11.8 Å². The van der Waals surface area contributed by atoms with Crippen LogP contribution in [0.3, 0.4) is 0 Å². The van der Waals surface area contributed by atoms with Gasteiger partial charge in [-0.25, -0.2) is 0 Å². The zero-order chi connectivity index (χ0) is 11.6. The third kappa shape index (κ3) is 3.32. The average Bonchev–Trinajstić information content (AvgIpc) is 2.18. The Balaban J connectivity index is 2.49. The molecule has 0 bridgehead atoms. The molecule has 0 aromatic carbocycles. The van der Waals surface area contributed by atoms with Crippen molar-refractivity contribution in [3.05, 3.63) is 0 Å². The van der Waals surface area contributed by atoms with E-state index in [0.29, 0.717) is 11.2 Å². The fourth-order valence-electron chi connectivity index (χ4n) is 1.27. The van der Waals surface area contributed by atoms with E-state index in [1.54, 1.807) is 0 Å². The summed E-state index contributed by atoms with van der Waals surface area (Å²) in [5.74, 6) is 0.481. The van der Waals surface area contributed by atoms with E-state index >= 15 is 0 Å². The van der Waals surface area contributed by atoms with Crippen molar-refractivity contribution in [1.29, 1.82) is 0 Å². The molecule has 4 nitrogen and oxygen atoms in total. The number of hydrogen-bond donors (Lipinski definition) is 3. The van der Waals surface area contributed by atoms with E-state index in [4.69, 9.17) is 4.74 Å². The number of thioether (sulfide) groups is 1. The Labute approximate surface area is 94.6 Å². The highest BCUT2D eigenvalue weighted by molar-refractivity contribution is 8.00. The van der Waals surface area contributed by atoms with Crippen LogP contribution >= 0.6 is 11.8 Å². The van der Waals surface area contributed by atoms with E-state index in [2.05, 4.69) is 20.8 Å².